The normalized spacial score (nSPS) is 10.4. The second-order valence-electron chi connectivity index (χ2n) is 5.75. The van der Waals surface area contributed by atoms with Crippen molar-refractivity contribution < 1.29 is 19.0 Å². The summed E-state index contributed by atoms with van der Waals surface area (Å²) >= 11 is 0. The van der Waals surface area contributed by atoms with Crippen LogP contribution in [0.1, 0.15) is 37.0 Å². The second-order valence-corrected chi connectivity index (χ2v) is 5.75. The molecule has 0 aromatic heterocycles. The maximum Gasteiger partial charge on any atom is 0.255 e. The van der Waals surface area contributed by atoms with Crippen LogP contribution in [-0.4, -0.2) is 32.3 Å². The van der Waals surface area contributed by atoms with E-state index in [1.807, 2.05) is 43.3 Å². The van der Waals surface area contributed by atoms with Crippen LogP contribution >= 0.6 is 0 Å². The van der Waals surface area contributed by atoms with Crippen LogP contribution in [0.5, 0.6) is 11.5 Å². The molecule has 0 aliphatic heterocycles. The predicted octanol–water partition coefficient (Wildman–Crippen LogP) is 4.53. The van der Waals surface area contributed by atoms with Gasteiger partial charge in [0.25, 0.3) is 5.91 Å². The number of ether oxygens (including phenoxy) is 3. The highest BCUT2D eigenvalue weighted by Gasteiger charge is 2.06. The lowest BCUT2D eigenvalue weighted by atomic mass is 10.2. The Bertz CT molecular complexity index is 653. The van der Waals surface area contributed by atoms with Crippen molar-refractivity contribution in [2.24, 2.45) is 0 Å². The molecule has 2 rings (SSSR count). The molecule has 140 valence electrons. The zero-order valence-electron chi connectivity index (χ0n) is 15.5. The monoisotopic (exact) mass is 357 g/mol. The molecule has 0 aliphatic carbocycles. The van der Waals surface area contributed by atoms with Gasteiger partial charge in [-0.05, 0) is 61.9 Å². The maximum absolute atomic E-state index is 12.3. The van der Waals surface area contributed by atoms with Gasteiger partial charge in [0, 0.05) is 17.9 Å². The first-order valence-electron chi connectivity index (χ1n) is 9.07. The zero-order chi connectivity index (χ0) is 18.6. The van der Waals surface area contributed by atoms with E-state index in [0.29, 0.717) is 32.0 Å². The summed E-state index contributed by atoms with van der Waals surface area (Å²) in [4.78, 5) is 12.3. The Hall–Kier alpha value is -2.53. The van der Waals surface area contributed by atoms with Gasteiger partial charge in [0.15, 0.2) is 0 Å². The molecule has 0 fully saturated rings. The molecule has 0 saturated heterocycles. The Labute approximate surface area is 155 Å². The number of hydrogen-bond donors (Lipinski definition) is 1. The molecule has 0 aliphatic rings. The van der Waals surface area contributed by atoms with Gasteiger partial charge < -0.3 is 19.5 Å². The summed E-state index contributed by atoms with van der Waals surface area (Å²) < 4.78 is 16.4. The molecule has 2 aromatic carbocycles. The summed E-state index contributed by atoms with van der Waals surface area (Å²) in [5.41, 5.74) is 1.31. The van der Waals surface area contributed by atoms with Crippen molar-refractivity contribution in [3.63, 3.8) is 0 Å². The molecule has 26 heavy (non-hydrogen) atoms. The van der Waals surface area contributed by atoms with Crippen molar-refractivity contribution in [2.45, 2.75) is 26.7 Å². The molecular formula is C21H27NO4. The van der Waals surface area contributed by atoms with Gasteiger partial charge in [-0.3, -0.25) is 4.79 Å². The predicted molar refractivity (Wildman–Crippen MR) is 103 cm³/mol. The van der Waals surface area contributed by atoms with E-state index < -0.39 is 0 Å². The van der Waals surface area contributed by atoms with Gasteiger partial charge in [-0.25, -0.2) is 0 Å². The lowest BCUT2D eigenvalue weighted by Gasteiger charge is -2.09. The van der Waals surface area contributed by atoms with Crippen LogP contribution in [0.4, 0.5) is 5.69 Å². The fraction of sp³-hybridized carbons (Fsp3) is 0.381. The van der Waals surface area contributed by atoms with Crippen LogP contribution in [0, 0.1) is 0 Å². The van der Waals surface area contributed by atoms with Crippen molar-refractivity contribution in [1.82, 2.24) is 0 Å². The molecule has 0 unspecified atom stereocenters. The van der Waals surface area contributed by atoms with Gasteiger partial charge in [-0.15, -0.1) is 0 Å². The molecular weight excluding hydrogens is 330 g/mol. The SMILES string of the molecule is CCCCOc1ccc(C(=O)Nc2ccc(OCCOCC)cc2)cc1. The fourth-order valence-electron chi connectivity index (χ4n) is 2.24. The highest BCUT2D eigenvalue weighted by Crippen LogP contribution is 2.18. The summed E-state index contributed by atoms with van der Waals surface area (Å²) in [7, 11) is 0. The van der Waals surface area contributed by atoms with E-state index in [4.69, 9.17) is 14.2 Å². The van der Waals surface area contributed by atoms with Crippen LogP contribution < -0.4 is 14.8 Å². The standard InChI is InChI=1S/C21H27NO4/c1-3-5-14-25-19-10-6-17(7-11-19)21(23)22-18-8-12-20(13-9-18)26-16-15-24-4-2/h6-13H,3-5,14-16H2,1-2H3,(H,22,23). The van der Waals surface area contributed by atoms with E-state index in [0.717, 1.165) is 30.0 Å². The van der Waals surface area contributed by atoms with Crippen molar-refractivity contribution >= 4 is 11.6 Å². The lowest BCUT2D eigenvalue weighted by molar-refractivity contribution is 0.102. The molecule has 1 amide bonds. The Morgan fingerprint density at radius 1 is 0.846 bits per heavy atom. The minimum absolute atomic E-state index is 0.157. The van der Waals surface area contributed by atoms with Crippen LogP contribution in [0.15, 0.2) is 48.5 Å². The Morgan fingerprint density at radius 2 is 1.46 bits per heavy atom. The number of rotatable bonds is 11. The number of anilines is 1. The van der Waals surface area contributed by atoms with Crippen molar-refractivity contribution in [3.05, 3.63) is 54.1 Å². The molecule has 0 radical (unpaired) electrons. The molecule has 5 nitrogen and oxygen atoms in total. The Balaban J connectivity index is 1.83. The van der Waals surface area contributed by atoms with E-state index in [1.54, 1.807) is 12.1 Å². The van der Waals surface area contributed by atoms with Crippen molar-refractivity contribution in [1.29, 1.82) is 0 Å². The molecule has 0 saturated carbocycles. The van der Waals surface area contributed by atoms with Crippen LogP contribution in [-0.2, 0) is 4.74 Å². The van der Waals surface area contributed by atoms with Crippen molar-refractivity contribution in [2.75, 3.05) is 31.7 Å². The van der Waals surface area contributed by atoms with Crippen molar-refractivity contribution in [3.8, 4) is 11.5 Å². The molecule has 2 aromatic rings. The number of carbonyl (C=O) groups excluding carboxylic acids is 1. The molecule has 0 bridgehead atoms. The topological polar surface area (TPSA) is 56.8 Å². The first kappa shape index (κ1) is 19.8. The highest BCUT2D eigenvalue weighted by molar-refractivity contribution is 6.04. The number of nitrogens with one attached hydrogen (secondary N) is 1. The third-order valence-electron chi connectivity index (χ3n) is 3.70. The Kier molecular flexibility index (Phi) is 8.49. The smallest absolute Gasteiger partial charge is 0.255 e. The lowest BCUT2D eigenvalue weighted by Crippen LogP contribution is -2.12. The van der Waals surface area contributed by atoms with E-state index in [2.05, 4.69) is 12.2 Å². The molecule has 0 spiro atoms. The average molecular weight is 357 g/mol. The third kappa shape index (κ3) is 6.76. The van der Waals surface area contributed by atoms with Gasteiger partial charge in [-0.1, -0.05) is 13.3 Å². The summed E-state index contributed by atoms with van der Waals surface area (Å²) in [5, 5.41) is 2.87. The average Bonchev–Trinajstić information content (AvgIpc) is 2.67. The quantitative estimate of drug-likeness (QED) is 0.600. The van der Waals surface area contributed by atoms with E-state index in [1.165, 1.54) is 0 Å². The number of benzene rings is 2. The maximum atomic E-state index is 12.3. The first-order valence-corrected chi connectivity index (χ1v) is 9.07. The number of amides is 1. The molecule has 0 heterocycles. The largest absolute Gasteiger partial charge is 0.494 e. The molecule has 5 heteroatoms. The van der Waals surface area contributed by atoms with E-state index in [-0.39, 0.29) is 5.91 Å². The highest BCUT2D eigenvalue weighted by atomic mass is 16.5. The fourth-order valence-corrected chi connectivity index (χ4v) is 2.24. The van der Waals surface area contributed by atoms with Gasteiger partial charge in [0.2, 0.25) is 0 Å². The van der Waals surface area contributed by atoms with Crippen LogP contribution in [0.25, 0.3) is 0 Å². The number of hydrogen-bond acceptors (Lipinski definition) is 4. The summed E-state index contributed by atoms with van der Waals surface area (Å²) in [6.45, 7) is 6.52. The van der Waals surface area contributed by atoms with Gasteiger partial charge in [0.1, 0.15) is 18.1 Å². The number of unbranched alkanes of at least 4 members (excludes halogenated alkanes) is 1. The Morgan fingerprint density at radius 3 is 2.08 bits per heavy atom. The van der Waals surface area contributed by atoms with Gasteiger partial charge >= 0.3 is 0 Å². The third-order valence-corrected chi connectivity index (χ3v) is 3.70. The number of carbonyl (C=O) groups is 1. The van der Waals surface area contributed by atoms with Crippen LogP contribution in [0.2, 0.25) is 0 Å². The van der Waals surface area contributed by atoms with E-state index >= 15 is 0 Å². The summed E-state index contributed by atoms with van der Waals surface area (Å²) in [6.07, 6.45) is 2.12. The minimum atomic E-state index is -0.157. The van der Waals surface area contributed by atoms with Crippen LogP contribution in [0.3, 0.4) is 0 Å². The zero-order valence-corrected chi connectivity index (χ0v) is 15.5. The van der Waals surface area contributed by atoms with E-state index in [9.17, 15) is 4.79 Å². The van der Waals surface area contributed by atoms with Gasteiger partial charge in [-0.2, -0.15) is 0 Å². The summed E-state index contributed by atoms with van der Waals surface area (Å²) in [6, 6.07) is 14.5. The minimum Gasteiger partial charge on any atom is -0.494 e. The summed E-state index contributed by atoms with van der Waals surface area (Å²) in [5.74, 6) is 1.37. The molecule has 1 N–H and O–H groups in total. The first-order chi connectivity index (χ1) is 12.7. The molecule has 0 atom stereocenters. The van der Waals surface area contributed by atoms with Gasteiger partial charge in [0.05, 0.1) is 13.2 Å². The second kappa shape index (κ2) is 11.2.